The van der Waals surface area contributed by atoms with Gasteiger partial charge in [-0.1, -0.05) is 11.2 Å². The van der Waals surface area contributed by atoms with Crippen molar-refractivity contribution in [2.75, 3.05) is 0 Å². The van der Waals surface area contributed by atoms with Gasteiger partial charge in [0.25, 0.3) is 5.89 Å². The fourth-order valence-corrected chi connectivity index (χ4v) is 4.23. The van der Waals surface area contributed by atoms with E-state index in [4.69, 9.17) is 9.26 Å². The molecule has 1 saturated carbocycles. The highest BCUT2D eigenvalue weighted by atomic mass is 32.2. The molecule has 0 bridgehead atoms. The summed E-state index contributed by atoms with van der Waals surface area (Å²) in [6.45, 7) is -0.142. The first-order valence-electron chi connectivity index (χ1n) is 8.17. The predicted octanol–water partition coefficient (Wildman–Crippen LogP) is 2.60. The number of carbonyl (C=O) groups is 1. The molecule has 0 radical (unpaired) electrons. The Bertz CT molecular complexity index is 1040. The van der Waals surface area contributed by atoms with Gasteiger partial charge in [0.2, 0.25) is 15.8 Å². The van der Waals surface area contributed by atoms with Crippen molar-refractivity contribution in [2.24, 2.45) is 0 Å². The monoisotopic (exact) mass is 405 g/mol. The maximum Gasteiger partial charge on any atom is 0.338 e. The molecule has 1 aliphatic rings. The molecule has 2 heterocycles. The summed E-state index contributed by atoms with van der Waals surface area (Å²) >= 11 is 1.46. The van der Waals surface area contributed by atoms with Crippen LogP contribution in [0, 0.1) is 0 Å². The number of esters is 1. The number of nitrogens with zero attached hydrogens (tertiary/aromatic N) is 2. The predicted molar refractivity (Wildman–Crippen MR) is 96.5 cm³/mol. The van der Waals surface area contributed by atoms with E-state index in [0.29, 0.717) is 5.89 Å². The first-order chi connectivity index (χ1) is 13.0. The topological polar surface area (TPSA) is 111 Å². The third-order valence-electron chi connectivity index (χ3n) is 3.83. The van der Waals surface area contributed by atoms with Gasteiger partial charge in [-0.25, -0.2) is 17.9 Å². The van der Waals surface area contributed by atoms with Crippen LogP contribution in [0.5, 0.6) is 0 Å². The van der Waals surface area contributed by atoms with Gasteiger partial charge in [-0.2, -0.15) is 4.98 Å². The highest BCUT2D eigenvalue weighted by Crippen LogP contribution is 2.23. The van der Waals surface area contributed by atoms with Gasteiger partial charge in [-0.3, -0.25) is 0 Å². The number of hydrogen-bond acceptors (Lipinski definition) is 8. The highest BCUT2D eigenvalue weighted by molar-refractivity contribution is 7.89. The first-order valence-corrected chi connectivity index (χ1v) is 10.5. The maximum absolute atomic E-state index is 12.1. The quantitative estimate of drug-likeness (QED) is 0.601. The van der Waals surface area contributed by atoms with Crippen molar-refractivity contribution < 1.29 is 22.5 Å². The summed E-state index contributed by atoms with van der Waals surface area (Å²) in [4.78, 5) is 17.2. The number of aromatic nitrogens is 2. The number of thiophene rings is 1. The summed E-state index contributed by atoms with van der Waals surface area (Å²) in [6.07, 6.45) is 1.71. The van der Waals surface area contributed by atoms with Gasteiger partial charge in [-0.05, 0) is 48.6 Å². The van der Waals surface area contributed by atoms with Gasteiger partial charge in [0, 0.05) is 6.04 Å². The number of rotatable bonds is 7. The van der Waals surface area contributed by atoms with Crippen molar-refractivity contribution in [3.8, 4) is 10.8 Å². The zero-order valence-corrected chi connectivity index (χ0v) is 15.6. The van der Waals surface area contributed by atoms with Crippen molar-refractivity contribution in [3.63, 3.8) is 0 Å². The molecule has 1 aliphatic carbocycles. The first kappa shape index (κ1) is 17.8. The van der Waals surface area contributed by atoms with E-state index in [9.17, 15) is 13.2 Å². The summed E-state index contributed by atoms with van der Waals surface area (Å²) in [6, 6.07) is 9.33. The van der Waals surface area contributed by atoms with Crippen LogP contribution in [0.4, 0.5) is 0 Å². The number of benzene rings is 1. The van der Waals surface area contributed by atoms with Crippen LogP contribution in [-0.4, -0.2) is 30.6 Å². The smallest absolute Gasteiger partial charge is 0.338 e. The van der Waals surface area contributed by atoms with E-state index < -0.39 is 16.0 Å². The third-order valence-corrected chi connectivity index (χ3v) is 6.23. The molecule has 0 atom stereocenters. The summed E-state index contributed by atoms with van der Waals surface area (Å²) in [5.74, 6) is 0.0185. The largest absolute Gasteiger partial charge is 0.454 e. The Balaban J connectivity index is 1.37. The number of carbonyl (C=O) groups excluding carboxylic acids is 1. The van der Waals surface area contributed by atoms with E-state index in [-0.39, 0.29) is 28.9 Å². The standard InChI is InChI=1S/C17H15N3O5S2/c21-17(24-10-15-18-16(25-19-15)14-2-1-9-26-14)11-3-7-13(8-4-11)27(22,23)20-12-5-6-12/h1-4,7-9,12,20H,5-6,10H2. The normalized spacial score (nSPS) is 14.2. The zero-order valence-electron chi connectivity index (χ0n) is 14.0. The molecule has 3 aromatic rings. The van der Waals surface area contributed by atoms with E-state index in [1.165, 1.54) is 35.6 Å². The van der Waals surface area contributed by atoms with Crippen LogP contribution >= 0.6 is 11.3 Å². The molecule has 140 valence electrons. The lowest BCUT2D eigenvalue weighted by molar-refractivity contribution is 0.0459. The average molecular weight is 405 g/mol. The molecule has 1 aromatic carbocycles. The van der Waals surface area contributed by atoms with Crippen LogP contribution in [0.1, 0.15) is 29.0 Å². The summed E-state index contributed by atoms with van der Waals surface area (Å²) in [5, 5.41) is 5.67. The van der Waals surface area contributed by atoms with E-state index in [2.05, 4.69) is 14.9 Å². The molecule has 0 spiro atoms. The van der Waals surface area contributed by atoms with E-state index in [0.717, 1.165) is 17.7 Å². The Hall–Kier alpha value is -2.56. The van der Waals surface area contributed by atoms with Gasteiger partial charge in [-0.15, -0.1) is 11.3 Å². The van der Waals surface area contributed by atoms with Crippen molar-refractivity contribution >= 4 is 27.3 Å². The molecule has 0 aliphatic heterocycles. The lowest BCUT2D eigenvalue weighted by Gasteiger charge is -2.06. The molecule has 0 unspecified atom stereocenters. The Morgan fingerprint density at radius 2 is 2.04 bits per heavy atom. The van der Waals surface area contributed by atoms with Gasteiger partial charge in [0.1, 0.15) is 0 Å². The van der Waals surface area contributed by atoms with Crippen LogP contribution in [0.15, 0.2) is 51.2 Å². The number of hydrogen-bond donors (Lipinski definition) is 1. The van der Waals surface area contributed by atoms with Crippen molar-refractivity contribution in [1.29, 1.82) is 0 Å². The number of ether oxygens (including phenoxy) is 1. The van der Waals surface area contributed by atoms with Crippen molar-refractivity contribution in [2.45, 2.75) is 30.4 Å². The highest BCUT2D eigenvalue weighted by Gasteiger charge is 2.28. The third kappa shape index (κ3) is 4.24. The summed E-state index contributed by atoms with van der Waals surface area (Å²) in [5.41, 5.74) is 0.238. The van der Waals surface area contributed by atoms with Gasteiger partial charge < -0.3 is 9.26 Å². The van der Waals surface area contributed by atoms with E-state index >= 15 is 0 Å². The molecular weight excluding hydrogens is 390 g/mol. The van der Waals surface area contributed by atoms with Crippen LogP contribution < -0.4 is 4.72 Å². The second-order valence-corrected chi connectivity index (χ2v) is 8.65. The molecule has 27 heavy (non-hydrogen) atoms. The molecule has 1 fully saturated rings. The van der Waals surface area contributed by atoms with Gasteiger partial charge >= 0.3 is 5.97 Å². The molecule has 0 saturated heterocycles. The lowest BCUT2D eigenvalue weighted by atomic mass is 10.2. The zero-order chi connectivity index (χ0) is 18.9. The lowest BCUT2D eigenvalue weighted by Crippen LogP contribution is -2.25. The Morgan fingerprint density at radius 3 is 2.70 bits per heavy atom. The maximum atomic E-state index is 12.1. The van der Waals surface area contributed by atoms with Crippen molar-refractivity contribution in [3.05, 3.63) is 53.2 Å². The number of nitrogens with one attached hydrogen (secondary N) is 1. The molecular formula is C17H15N3O5S2. The van der Waals surface area contributed by atoms with Gasteiger partial charge in [0.15, 0.2) is 6.61 Å². The van der Waals surface area contributed by atoms with Crippen LogP contribution in [0.3, 0.4) is 0 Å². The Morgan fingerprint density at radius 1 is 1.26 bits per heavy atom. The molecule has 0 amide bonds. The SMILES string of the molecule is O=C(OCc1noc(-c2cccs2)n1)c1ccc(S(=O)(=O)NC2CC2)cc1. The molecule has 4 rings (SSSR count). The average Bonchev–Trinajstić information content (AvgIpc) is 3.14. The second kappa shape index (κ2) is 7.22. The molecule has 8 nitrogen and oxygen atoms in total. The summed E-state index contributed by atoms with van der Waals surface area (Å²) < 4.78 is 37.1. The minimum absolute atomic E-state index is 0.0219. The molecule has 2 aromatic heterocycles. The Labute approximate surface area is 159 Å². The molecule has 10 heteroatoms. The van der Waals surface area contributed by atoms with Crippen LogP contribution in [0.2, 0.25) is 0 Å². The number of sulfonamides is 1. The van der Waals surface area contributed by atoms with Crippen LogP contribution in [-0.2, 0) is 21.4 Å². The van der Waals surface area contributed by atoms with Crippen LogP contribution in [0.25, 0.3) is 10.8 Å². The fraction of sp³-hybridized carbons (Fsp3) is 0.235. The Kier molecular flexibility index (Phi) is 4.77. The van der Waals surface area contributed by atoms with Crippen molar-refractivity contribution in [1.82, 2.24) is 14.9 Å². The van der Waals surface area contributed by atoms with Gasteiger partial charge in [0.05, 0.1) is 15.3 Å². The minimum atomic E-state index is -3.55. The molecule has 1 N–H and O–H groups in total. The second-order valence-electron chi connectivity index (χ2n) is 5.99. The fourth-order valence-electron chi connectivity index (χ4n) is 2.29. The minimum Gasteiger partial charge on any atom is -0.454 e. The summed E-state index contributed by atoms with van der Waals surface area (Å²) in [7, 11) is -3.55. The van der Waals surface area contributed by atoms with E-state index in [1.54, 1.807) is 0 Å². The van der Waals surface area contributed by atoms with E-state index in [1.807, 2.05) is 17.5 Å².